The number of aryl methyl sites for hydroxylation is 1. The second-order valence-corrected chi connectivity index (χ2v) is 7.57. The van der Waals surface area contributed by atoms with Gasteiger partial charge < -0.3 is 9.80 Å². The van der Waals surface area contributed by atoms with E-state index in [1.54, 1.807) is 16.7 Å². The summed E-state index contributed by atoms with van der Waals surface area (Å²) in [6.07, 6.45) is 0.317. The summed E-state index contributed by atoms with van der Waals surface area (Å²) >= 11 is 1.21. The van der Waals surface area contributed by atoms with Crippen LogP contribution in [0, 0.1) is 5.82 Å². The SMILES string of the molecule is O=C(CCn1c(=O)sc2ccccc21)N1CCN(c2ccc(F)cc2)CC1. The molecule has 0 N–H and O–H groups in total. The average molecular weight is 385 g/mol. The Bertz CT molecular complexity index is 1000. The van der Waals surface area contributed by atoms with Gasteiger partial charge in [-0.15, -0.1) is 0 Å². The van der Waals surface area contributed by atoms with Crippen LogP contribution in [-0.4, -0.2) is 41.6 Å². The van der Waals surface area contributed by atoms with Gasteiger partial charge in [0.25, 0.3) is 0 Å². The van der Waals surface area contributed by atoms with E-state index < -0.39 is 0 Å². The van der Waals surface area contributed by atoms with Crippen molar-refractivity contribution in [2.45, 2.75) is 13.0 Å². The quantitative estimate of drug-likeness (QED) is 0.694. The van der Waals surface area contributed by atoms with Gasteiger partial charge in [0, 0.05) is 44.8 Å². The van der Waals surface area contributed by atoms with E-state index in [0.717, 1.165) is 29.0 Å². The van der Waals surface area contributed by atoms with Crippen molar-refractivity contribution in [3.05, 3.63) is 64.0 Å². The maximum absolute atomic E-state index is 13.1. The zero-order valence-electron chi connectivity index (χ0n) is 14.8. The van der Waals surface area contributed by atoms with E-state index in [4.69, 9.17) is 0 Å². The molecule has 0 aliphatic carbocycles. The van der Waals surface area contributed by atoms with Crippen molar-refractivity contribution in [3.8, 4) is 0 Å². The smallest absolute Gasteiger partial charge is 0.308 e. The van der Waals surface area contributed by atoms with E-state index >= 15 is 0 Å². The predicted octanol–water partition coefficient (Wildman–Crippen LogP) is 2.94. The molecule has 0 unspecified atom stereocenters. The first-order valence-corrected chi connectivity index (χ1v) is 9.80. The molecule has 0 bridgehead atoms. The van der Waals surface area contributed by atoms with Crippen LogP contribution in [0.3, 0.4) is 0 Å². The number of carbonyl (C=O) groups is 1. The minimum atomic E-state index is -0.247. The maximum atomic E-state index is 13.1. The fourth-order valence-electron chi connectivity index (χ4n) is 3.46. The molecule has 7 heteroatoms. The van der Waals surface area contributed by atoms with Crippen molar-refractivity contribution in [2.75, 3.05) is 31.1 Å². The molecule has 0 radical (unpaired) electrons. The van der Waals surface area contributed by atoms with Crippen LogP contribution in [0.4, 0.5) is 10.1 Å². The number of anilines is 1. The number of nitrogens with zero attached hydrogens (tertiary/aromatic N) is 3. The predicted molar refractivity (Wildman–Crippen MR) is 106 cm³/mol. The molecule has 1 aliphatic heterocycles. The fourth-order valence-corrected chi connectivity index (χ4v) is 4.37. The van der Waals surface area contributed by atoms with Gasteiger partial charge in [-0.2, -0.15) is 0 Å². The van der Waals surface area contributed by atoms with Crippen LogP contribution in [-0.2, 0) is 11.3 Å². The van der Waals surface area contributed by atoms with Crippen molar-refractivity contribution in [1.82, 2.24) is 9.47 Å². The number of thiazole rings is 1. The third-order valence-corrected chi connectivity index (χ3v) is 5.91. The summed E-state index contributed by atoms with van der Waals surface area (Å²) < 4.78 is 15.7. The van der Waals surface area contributed by atoms with Gasteiger partial charge in [-0.3, -0.25) is 14.2 Å². The van der Waals surface area contributed by atoms with E-state index in [-0.39, 0.29) is 16.6 Å². The normalized spacial score (nSPS) is 14.7. The van der Waals surface area contributed by atoms with Gasteiger partial charge in [-0.1, -0.05) is 23.5 Å². The highest BCUT2D eigenvalue weighted by Crippen LogP contribution is 2.19. The first kappa shape index (κ1) is 17.7. The summed E-state index contributed by atoms with van der Waals surface area (Å²) in [5.74, 6) is -0.181. The molecule has 1 fully saturated rings. The molecule has 0 spiro atoms. The second-order valence-electron chi connectivity index (χ2n) is 6.58. The number of hydrogen-bond acceptors (Lipinski definition) is 4. The summed E-state index contributed by atoms with van der Waals surface area (Å²) in [5.41, 5.74) is 1.86. The van der Waals surface area contributed by atoms with Gasteiger partial charge in [0.05, 0.1) is 10.2 Å². The highest BCUT2D eigenvalue weighted by atomic mass is 32.1. The fraction of sp³-hybridized carbons (Fsp3) is 0.300. The molecule has 1 aliphatic rings. The summed E-state index contributed by atoms with van der Waals surface area (Å²) in [4.78, 5) is 28.7. The van der Waals surface area contributed by atoms with Gasteiger partial charge in [-0.05, 0) is 36.4 Å². The second kappa shape index (κ2) is 7.52. The van der Waals surface area contributed by atoms with Crippen LogP contribution in [0.1, 0.15) is 6.42 Å². The Morgan fingerprint density at radius 1 is 1.00 bits per heavy atom. The molecular formula is C20H20FN3O2S. The molecule has 4 rings (SSSR count). The Labute approximate surface area is 160 Å². The van der Waals surface area contributed by atoms with Crippen molar-refractivity contribution in [3.63, 3.8) is 0 Å². The highest BCUT2D eigenvalue weighted by molar-refractivity contribution is 7.16. The standard InChI is InChI=1S/C20H20FN3O2S/c21-15-5-7-16(8-6-15)22-11-13-23(14-12-22)19(25)9-10-24-17-3-1-2-4-18(17)27-20(24)26/h1-8H,9-14H2. The first-order valence-electron chi connectivity index (χ1n) is 8.98. The number of carbonyl (C=O) groups excluding carboxylic acids is 1. The molecule has 27 heavy (non-hydrogen) atoms. The van der Waals surface area contributed by atoms with Gasteiger partial charge in [-0.25, -0.2) is 4.39 Å². The van der Waals surface area contributed by atoms with E-state index in [1.807, 2.05) is 29.2 Å². The van der Waals surface area contributed by atoms with Crippen molar-refractivity contribution < 1.29 is 9.18 Å². The lowest BCUT2D eigenvalue weighted by molar-refractivity contribution is -0.131. The highest BCUT2D eigenvalue weighted by Gasteiger charge is 2.21. The minimum Gasteiger partial charge on any atom is -0.368 e. The van der Waals surface area contributed by atoms with Gasteiger partial charge in [0.15, 0.2) is 0 Å². The Kier molecular flexibility index (Phi) is 4.94. The minimum absolute atomic E-state index is 0.0230. The number of para-hydroxylation sites is 1. The van der Waals surface area contributed by atoms with Crippen LogP contribution >= 0.6 is 11.3 Å². The van der Waals surface area contributed by atoms with Crippen LogP contribution in [0.2, 0.25) is 0 Å². The molecule has 2 aromatic carbocycles. The number of fused-ring (bicyclic) bond motifs is 1. The largest absolute Gasteiger partial charge is 0.368 e. The molecule has 0 atom stereocenters. The lowest BCUT2D eigenvalue weighted by Gasteiger charge is -2.36. The topological polar surface area (TPSA) is 45.6 Å². The number of hydrogen-bond donors (Lipinski definition) is 0. The Hall–Kier alpha value is -2.67. The van der Waals surface area contributed by atoms with Crippen LogP contribution < -0.4 is 9.77 Å². The third-order valence-electron chi connectivity index (χ3n) is 4.95. The van der Waals surface area contributed by atoms with E-state index in [1.165, 1.54) is 23.5 Å². The number of aromatic nitrogens is 1. The number of halogens is 1. The van der Waals surface area contributed by atoms with Crippen molar-refractivity contribution in [1.29, 1.82) is 0 Å². The van der Waals surface area contributed by atoms with Gasteiger partial charge >= 0.3 is 4.87 Å². The zero-order chi connectivity index (χ0) is 18.8. The molecule has 1 aromatic heterocycles. The Morgan fingerprint density at radius 2 is 1.70 bits per heavy atom. The van der Waals surface area contributed by atoms with Crippen LogP contribution in [0.15, 0.2) is 53.3 Å². The summed E-state index contributed by atoms with van der Waals surface area (Å²) in [6, 6.07) is 14.1. The molecule has 1 amide bonds. The van der Waals surface area contributed by atoms with Crippen LogP contribution in [0.5, 0.6) is 0 Å². The summed E-state index contributed by atoms with van der Waals surface area (Å²) in [6.45, 7) is 3.11. The lowest BCUT2D eigenvalue weighted by Crippen LogP contribution is -2.49. The molecular weight excluding hydrogens is 365 g/mol. The summed E-state index contributed by atoms with van der Waals surface area (Å²) in [5, 5.41) is 0. The number of piperazine rings is 1. The molecule has 5 nitrogen and oxygen atoms in total. The maximum Gasteiger partial charge on any atom is 0.308 e. The molecule has 140 valence electrons. The van der Waals surface area contributed by atoms with Gasteiger partial charge in [0.2, 0.25) is 5.91 Å². The Balaban J connectivity index is 1.35. The summed E-state index contributed by atoms with van der Waals surface area (Å²) in [7, 11) is 0. The van der Waals surface area contributed by atoms with Gasteiger partial charge in [0.1, 0.15) is 5.82 Å². The Morgan fingerprint density at radius 3 is 2.44 bits per heavy atom. The lowest BCUT2D eigenvalue weighted by atomic mass is 10.2. The van der Waals surface area contributed by atoms with E-state index in [9.17, 15) is 14.0 Å². The molecule has 1 saturated heterocycles. The molecule has 0 saturated carbocycles. The monoisotopic (exact) mass is 385 g/mol. The van der Waals surface area contributed by atoms with Crippen molar-refractivity contribution >= 4 is 33.1 Å². The zero-order valence-corrected chi connectivity index (χ0v) is 15.6. The molecule has 3 aromatic rings. The number of amides is 1. The van der Waals surface area contributed by atoms with Crippen molar-refractivity contribution in [2.24, 2.45) is 0 Å². The first-order chi connectivity index (χ1) is 13.1. The number of benzene rings is 2. The molecule has 2 heterocycles. The number of rotatable bonds is 4. The third kappa shape index (κ3) is 3.73. The van der Waals surface area contributed by atoms with E-state index in [0.29, 0.717) is 26.1 Å². The average Bonchev–Trinajstić information content (AvgIpc) is 3.02. The van der Waals surface area contributed by atoms with Crippen LogP contribution in [0.25, 0.3) is 10.2 Å². The van der Waals surface area contributed by atoms with E-state index in [2.05, 4.69) is 4.90 Å².